The Bertz CT molecular complexity index is 1170. The van der Waals surface area contributed by atoms with Crippen LogP contribution in [0.5, 0.6) is 17.2 Å². The summed E-state index contributed by atoms with van der Waals surface area (Å²) in [5.41, 5.74) is 1.12. The molecule has 1 aliphatic heterocycles. The van der Waals surface area contributed by atoms with Crippen LogP contribution in [0.1, 0.15) is 12.5 Å². The van der Waals surface area contributed by atoms with Crippen molar-refractivity contribution in [3.05, 3.63) is 51.3 Å². The minimum Gasteiger partial charge on any atom is -0.494 e. The third-order valence-electron chi connectivity index (χ3n) is 4.50. The molecule has 1 N–H and O–H groups in total. The van der Waals surface area contributed by atoms with Crippen molar-refractivity contribution in [2.75, 3.05) is 32.2 Å². The second-order valence-electron chi connectivity index (χ2n) is 6.79. The lowest BCUT2D eigenvalue weighted by atomic mass is 10.2. The van der Waals surface area contributed by atoms with Crippen molar-refractivity contribution in [3.63, 3.8) is 0 Å². The molecule has 10 heteroatoms. The van der Waals surface area contributed by atoms with E-state index in [2.05, 4.69) is 27.2 Å². The van der Waals surface area contributed by atoms with E-state index in [1.165, 1.54) is 7.11 Å². The summed E-state index contributed by atoms with van der Waals surface area (Å²) < 4.78 is 16.8. The molecule has 34 heavy (non-hydrogen) atoms. The molecule has 1 fully saturated rings. The minimum absolute atomic E-state index is 0.0692. The lowest BCUT2D eigenvalue weighted by Crippen LogP contribution is -2.36. The van der Waals surface area contributed by atoms with Gasteiger partial charge in [-0.15, -0.1) is 6.42 Å². The van der Waals surface area contributed by atoms with E-state index in [0.717, 1.165) is 16.7 Å². The first-order chi connectivity index (χ1) is 16.4. The highest BCUT2D eigenvalue weighted by molar-refractivity contribution is 9.10. The molecule has 0 bridgehead atoms. The molecular formula is C24H21BrN2O6S. The number of ether oxygens (including phenoxy) is 3. The van der Waals surface area contributed by atoms with Gasteiger partial charge in [0.1, 0.15) is 18.9 Å². The van der Waals surface area contributed by atoms with Crippen LogP contribution in [0.3, 0.4) is 0 Å². The predicted octanol–water partition coefficient (Wildman–Crippen LogP) is 4.54. The number of benzene rings is 2. The number of terminal acetylenes is 1. The summed E-state index contributed by atoms with van der Waals surface area (Å²) in [6.45, 7) is 2.07. The molecule has 0 radical (unpaired) electrons. The lowest BCUT2D eigenvalue weighted by Gasteiger charge is -2.13. The van der Waals surface area contributed by atoms with Gasteiger partial charge in [0.2, 0.25) is 5.91 Å². The highest BCUT2D eigenvalue weighted by atomic mass is 79.9. The third-order valence-corrected chi connectivity index (χ3v) is 6.10. The highest BCUT2D eigenvalue weighted by Crippen LogP contribution is 2.38. The molecule has 0 aliphatic carbocycles. The first kappa shape index (κ1) is 25.2. The molecule has 2 aromatic rings. The van der Waals surface area contributed by atoms with Gasteiger partial charge in [-0.1, -0.05) is 21.9 Å². The van der Waals surface area contributed by atoms with Crippen molar-refractivity contribution in [2.24, 2.45) is 0 Å². The number of carbonyl (C=O) groups excluding carboxylic acids is 3. The quantitative estimate of drug-likeness (QED) is 0.365. The van der Waals surface area contributed by atoms with Gasteiger partial charge < -0.3 is 19.5 Å². The standard InChI is InChI=1S/C24H21BrN2O6S/c1-4-10-33-20-13-18(25)15(11-19(20)31-3)12-21-23(29)27(24(30)34-21)14-22(28)26-16-6-8-17(9-7-16)32-5-2/h1,6-9,11-13H,5,10,14H2,2-3H3,(H,26,28)/b21-12+. The van der Waals surface area contributed by atoms with Crippen LogP contribution < -0.4 is 19.5 Å². The molecule has 1 heterocycles. The first-order valence-electron chi connectivity index (χ1n) is 10.1. The summed E-state index contributed by atoms with van der Waals surface area (Å²) >= 11 is 4.18. The van der Waals surface area contributed by atoms with Gasteiger partial charge in [0, 0.05) is 10.2 Å². The number of carbonyl (C=O) groups is 3. The summed E-state index contributed by atoms with van der Waals surface area (Å²) in [5, 5.41) is 2.14. The van der Waals surface area contributed by atoms with Gasteiger partial charge in [-0.05, 0) is 66.7 Å². The molecule has 3 rings (SSSR count). The van der Waals surface area contributed by atoms with E-state index in [1.54, 1.807) is 42.5 Å². The number of hydrogen-bond acceptors (Lipinski definition) is 7. The molecule has 0 atom stereocenters. The maximum absolute atomic E-state index is 12.8. The Morgan fingerprint density at radius 3 is 2.59 bits per heavy atom. The van der Waals surface area contributed by atoms with Gasteiger partial charge in [-0.2, -0.15) is 0 Å². The molecule has 0 aromatic heterocycles. The Balaban J connectivity index is 1.71. The lowest BCUT2D eigenvalue weighted by molar-refractivity contribution is -0.127. The number of rotatable bonds is 9. The Morgan fingerprint density at radius 2 is 1.94 bits per heavy atom. The molecular weight excluding hydrogens is 524 g/mol. The third kappa shape index (κ3) is 6.12. The van der Waals surface area contributed by atoms with Crippen LogP contribution in [0.4, 0.5) is 10.5 Å². The average molecular weight is 545 g/mol. The Kier molecular flexibility index (Phi) is 8.62. The molecule has 8 nitrogen and oxygen atoms in total. The van der Waals surface area contributed by atoms with Gasteiger partial charge in [-0.25, -0.2) is 0 Å². The normalized spacial score (nSPS) is 14.2. The van der Waals surface area contributed by atoms with Crippen LogP contribution in [0.15, 0.2) is 45.8 Å². The Morgan fingerprint density at radius 1 is 1.21 bits per heavy atom. The molecule has 0 spiro atoms. The monoisotopic (exact) mass is 544 g/mol. The second-order valence-corrected chi connectivity index (χ2v) is 8.64. The van der Waals surface area contributed by atoms with Crippen LogP contribution >= 0.6 is 27.7 Å². The van der Waals surface area contributed by atoms with Crippen molar-refractivity contribution in [3.8, 4) is 29.6 Å². The number of nitrogens with zero attached hydrogens (tertiary/aromatic N) is 1. The zero-order chi connectivity index (χ0) is 24.7. The number of imide groups is 1. The maximum atomic E-state index is 12.8. The van der Waals surface area contributed by atoms with Crippen molar-refractivity contribution in [2.45, 2.75) is 6.92 Å². The first-order valence-corrected chi connectivity index (χ1v) is 11.7. The number of nitrogens with one attached hydrogen (secondary N) is 1. The van der Waals surface area contributed by atoms with Gasteiger partial charge in [0.25, 0.3) is 11.1 Å². The van der Waals surface area contributed by atoms with E-state index in [4.69, 9.17) is 20.6 Å². The number of anilines is 1. The van der Waals surface area contributed by atoms with Crippen LogP contribution in [0.2, 0.25) is 0 Å². The van der Waals surface area contributed by atoms with Crippen LogP contribution in [-0.2, 0) is 9.59 Å². The molecule has 1 aliphatic rings. The molecule has 0 unspecified atom stereocenters. The minimum atomic E-state index is -0.560. The molecule has 2 aromatic carbocycles. The van der Waals surface area contributed by atoms with E-state index in [-0.39, 0.29) is 11.5 Å². The van der Waals surface area contributed by atoms with Crippen LogP contribution in [0, 0.1) is 12.3 Å². The highest BCUT2D eigenvalue weighted by Gasteiger charge is 2.36. The number of halogens is 1. The molecule has 0 saturated carbocycles. The summed E-state index contributed by atoms with van der Waals surface area (Å²) in [6.07, 6.45) is 6.78. The largest absolute Gasteiger partial charge is 0.494 e. The zero-order valence-electron chi connectivity index (χ0n) is 18.4. The van der Waals surface area contributed by atoms with E-state index < -0.39 is 23.6 Å². The van der Waals surface area contributed by atoms with Gasteiger partial charge in [0.15, 0.2) is 11.5 Å². The van der Waals surface area contributed by atoms with Crippen molar-refractivity contribution >= 4 is 56.5 Å². The fraction of sp³-hybridized carbons (Fsp3) is 0.208. The fourth-order valence-electron chi connectivity index (χ4n) is 2.98. The van der Waals surface area contributed by atoms with Crippen LogP contribution in [-0.4, -0.2) is 48.8 Å². The van der Waals surface area contributed by atoms with E-state index >= 15 is 0 Å². The number of thioether (sulfide) groups is 1. The number of methoxy groups -OCH3 is 1. The summed E-state index contributed by atoms with van der Waals surface area (Å²) in [5.74, 6) is 2.85. The van der Waals surface area contributed by atoms with Crippen molar-refractivity contribution in [1.82, 2.24) is 4.90 Å². The van der Waals surface area contributed by atoms with Crippen molar-refractivity contribution in [1.29, 1.82) is 0 Å². The Hall–Kier alpha value is -3.42. The SMILES string of the molecule is C#CCOc1cc(Br)c(/C=C2/SC(=O)N(CC(=O)Nc3ccc(OCC)cc3)C2=O)cc1OC. The molecule has 3 amide bonds. The van der Waals surface area contributed by atoms with E-state index in [9.17, 15) is 14.4 Å². The zero-order valence-corrected chi connectivity index (χ0v) is 20.8. The predicted molar refractivity (Wildman–Crippen MR) is 134 cm³/mol. The fourth-order valence-corrected chi connectivity index (χ4v) is 4.24. The van der Waals surface area contributed by atoms with Crippen molar-refractivity contribution < 1.29 is 28.6 Å². The van der Waals surface area contributed by atoms with Gasteiger partial charge in [0.05, 0.1) is 18.6 Å². The van der Waals surface area contributed by atoms with E-state index in [1.807, 2.05) is 6.92 Å². The topological polar surface area (TPSA) is 94.2 Å². The molecule has 1 saturated heterocycles. The van der Waals surface area contributed by atoms with Crippen LogP contribution in [0.25, 0.3) is 6.08 Å². The molecule has 176 valence electrons. The van der Waals surface area contributed by atoms with E-state index in [0.29, 0.717) is 39.6 Å². The smallest absolute Gasteiger partial charge is 0.294 e. The number of amides is 3. The average Bonchev–Trinajstić information content (AvgIpc) is 3.07. The summed E-state index contributed by atoms with van der Waals surface area (Å²) in [6, 6.07) is 10.1. The number of hydrogen-bond donors (Lipinski definition) is 1. The van der Waals surface area contributed by atoms with Gasteiger partial charge in [-0.3, -0.25) is 19.3 Å². The Labute approximate surface area is 209 Å². The summed E-state index contributed by atoms with van der Waals surface area (Å²) in [4.78, 5) is 38.8. The maximum Gasteiger partial charge on any atom is 0.294 e. The summed E-state index contributed by atoms with van der Waals surface area (Å²) in [7, 11) is 1.48. The second kappa shape index (κ2) is 11.6. The van der Waals surface area contributed by atoms with Gasteiger partial charge >= 0.3 is 0 Å².